The van der Waals surface area contributed by atoms with Gasteiger partial charge < -0.3 is 14.7 Å². The van der Waals surface area contributed by atoms with Gasteiger partial charge in [0.15, 0.2) is 11.5 Å². The van der Waals surface area contributed by atoms with E-state index in [2.05, 4.69) is 20.1 Å². The summed E-state index contributed by atoms with van der Waals surface area (Å²) in [7, 11) is 1.75. The van der Waals surface area contributed by atoms with Crippen LogP contribution in [0.3, 0.4) is 0 Å². The number of imidazole rings is 1. The molecule has 102 valence electrons. The van der Waals surface area contributed by atoms with Crippen LogP contribution in [0.25, 0.3) is 11.0 Å². The van der Waals surface area contributed by atoms with E-state index in [0.29, 0.717) is 22.0 Å². The van der Waals surface area contributed by atoms with Gasteiger partial charge in [-0.3, -0.25) is 4.68 Å². The zero-order valence-corrected chi connectivity index (χ0v) is 11.0. The number of rotatable bonds is 3. The Labute approximate surface area is 117 Å². The Bertz CT molecular complexity index is 809. The molecule has 0 aromatic carbocycles. The van der Waals surface area contributed by atoms with Crippen molar-refractivity contribution in [2.45, 2.75) is 6.54 Å². The number of halogens is 1. The van der Waals surface area contributed by atoms with Gasteiger partial charge in [0.25, 0.3) is 0 Å². The first-order valence-electron chi connectivity index (χ1n) is 5.55. The van der Waals surface area contributed by atoms with Gasteiger partial charge in [0.2, 0.25) is 6.33 Å². The van der Waals surface area contributed by atoms with Crippen LogP contribution in [0.4, 0.5) is 5.82 Å². The zero-order chi connectivity index (χ0) is 14.3. The monoisotopic (exact) mass is 293 g/mol. The lowest BCUT2D eigenvalue weighted by Gasteiger charge is -2.02. The van der Waals surface area contributed by atoms with E-state index in [1.165, 1.54) is 17.1 Å². The lowest BCUT2D eigenvalue weighted by atomic mass is 10.4. The predicted molar refractivity (Wildman–Crippen MR) is 69.3 cm³/mol. The van der Waals surface area contributed by atoms with Crippen molar-refractivity contribution in [3.05, 3.63) is 39.8 Å². The second-order valence-electron chi connectivity index (χ2n) is 4.10. The molecule has 0 aliphatic carbocycles. The average molecular weight is 294 g/mol. The SMILES string of the molecule is Cn1ncc2c(Cl)nc(Cn3cnc([N+](=O)[O-])c3)nc21. The van der Waals surface area contributed by atoms with E-state index in [0.717, 1.165) is 0 Å². The van der Waals surface area contributed by atoms with Crippen LogP contribution >= 0.6 is 11.6 Å². The molecule has 0 unspecified atom stereocenters. The molecule has 0 spiro atoms. The smallest absolute Gasteiger partial charge is 0.358 e. The molecule has 0 saturated carbocycles. The molecule has 0 fully saturated rings. The van der Waals surface area contributed by atoms with E-state index in [1.54, 1.807) is 17.9 Å². The molecule has 20 heavy (non-hydrogen) atoms. The van der Waals surface area contributed by atoms with Gasteiger partial charge in [-0.25, -0.2) is 9.97 Å². The summed E-state index contributed by atoms with van der Waals surface area (Å²) in [5.41, 5.74) is 0.606. The quantitative estimate of drug-likeness (QED) is 0.408. The Kier molecular flexibility index (Phi) is 2.83. The second-order valence-corrected chi connectivity index (χ2v) is 4.46. The Morgan fingerprint density at radius 1 is 1.45 bits per heavy atom. The molecular formula is C10H8ClN7O2. The van der Waals surface area contributed by atoms with Crippen molar-refractivity contribution in [2.24, 2.45) is 7.05 Å². The minimum absolute atomic E-state index is 0.224. The van der Waals surface area contributed by atoms with E-state index in [-0.39, 0.29) is 12.4 Å². The topological polar surface area (TPSA) is 105 Å². The summed E-state index contributed by atoms with van der Waals surface area (Å²) in [6, 6.07) is 0. The van der Waals surface area contributed by atoms with E-state index < -0.39 is 4.92 Å². The number of aromatic nitrogens is 6. The fourth-order valence-electron chi connectivity index (χ4n) is 1.79. The van der Waals surface area contributed by atoms with Crippen molar-refractivity contribution in [1.82, 2.24) is 29.3 Å². The molecule has 0 aliphatic rings. The molecule has 0 saturated heterocycles. The van der Waals surface area contributed by atoms with Crippen LogP contribution < -0.4 is 0 Å². The molecule has 0 bridgehead atoms. The summed E-state index contributed by atoms with van der Waals surface area (Å²) >= 11 is 6.06. The fourth-order valence-corrected chi connectivity index (χ4v) is 2.02. The number of nitro groups is 1. The van der Waals surface area contributed by atoms with Crippen molar-refractivity contribution in [1.29, 1.82) is 0 Å². The Morgan fingerprint density at radius 3 is 2.95 bits per heavy atom. The molecular weight excluding hydrogens is 286 g/mol. The maximum absolute atomic E-state index is 10.6. The van der Waals surface area contributed by atoms with Gasteiger partial charge >= 0.3 is 5.82 Å². The van der Waals surface area contributed by atoms with Crippen molar-refractivity contribution in [3.8, 4) is 0 Å². The summed E-state index contributed by atoms with van der Waals surface area (Å²) in [6.07, 6.45) is 4.25. The van der Waals surface area contributed by atoms with Gasteiger partial charge in [-0.15, -0.1) is 0 Å². The fraction of sp³-hybridized carbons (Fsp3) is 0.200. The molecule has 0 N–H and O–H groups in total. The molecule has 0 radical (unpaired) electrons. The van der Waals surface area contributed by atoms with Gasteiger partial charge in [0.05, 0.1) is 18.1 Å². The zero-order valence-electron chi connectivity index (χ0n) is 10.3. The predicted octanol–water partition coefficient (Wildman–Crippen LogP) is 1.17. The van der Waals surface area contributed by atoms with Crippen molar-refractivity contribution < 1.29 is 4.92 Å². The molecule has 0 amide bonds. The third-order valence-electron chi connectivity index (χ3n) is 2.72. The van der Waals surface area contributed by atoms with Gasteiger partial charge in [0.1, 0.15) is 11.3 Å². The highest BCUT2D eigenvalue weighted by Gasteiger charge is 2.13. The first kappa shape index (κ1) is 12.5. The molecule has 3 aromatic rings. The summed E-state index contributed by atoms with van der Waals surface area (Å²) in [5, 5.41) is 15.6. The highest BCUT2D eigenvalue weighted by molar-refractivity contribution is 6.33. The summed E-state index contributed by atoms with van der Waals surface area (Å²) in [5.74, 6) is 0.205. The minimum atomic E-state index is -0.561. The van der Waals surface area contributed by atoms with Gasteiger partial charge in [-0.2, -0.15) is 5.10 Å². The summed E-state index contributed by atoms with van der Waals surface area (Å²) in [6.45, 7) is 0.238. The summed E-state index contributed by atoms with van der Waals surface area (Å²) < 4.78 is 3.11. The van der Waals surface area contributed by atoms with Crippen molar-refractivity contribution in [2.75, 3.05) is 0 Å². The van der Waals surface area contributed by atoms with Crippen LogP contribution in [0.15, 0.2) is 18.7 Å². The Hall–Kier alpha value is -2.55. The van der Waals surface area contributed by atoms with Crippen LogP contribution in [0.5, 0.6) is 0 Å². The average Bonchev–Trinajstić information content (AvgIpc) is 2.98. The van der Waals surface area contributed by atoms with E-state index in [9.17, 15) is 10.1 Å². The lowest BCUT2D eigenvalue weighted by molar-refractivity contribution is -0.389. The van der Waals surface area contributed by atoms with E-state index in [1.807, 2.05) is 0 Å². The van der Waals surface area contributed by atoms with Crippen LogP contribution in [0.1, 0.15) is 5.82 Å². The van der Waals surface area contributed by atoms with E-state index in [4.69, 9.17) is 11.6 Å². The summed E-state index contributed by atoms with van der Waals surface area (Å²) in [4.78, 5) is 22.2. The number of aryl methyl sites for hydroxylation is 1. The maximum Gasteiger partial charge on any atom is 0.381 e. The third-order valence-corrected chi connectivity index (χ3v) is 3.01. The van der Waals surface area contributed by atoms with E-state index >= 15 is 0 Å². The molecule has 0 aliphatic heterocycles. The van der Waals surface area contributed by atoms with Gasteiger partial charge in [0, 0.05) is 7.05 Å². The van der Waals surface area contributed by atoms with Crippen molar-refractivity contribution in [3.63, 3.8) is 0 Å². The Morgan fingerprint density at radius 2 is 2.25 bits per heavy atom. The highest BCUT2D eigenvalue weighted by Crippen LogP contribution is 2.19. The van der Waals surface area contributed by atoms with Crippen LogP contribution in [0.2, 0.25) is 5.15 Å². The molecule has 3 rings (SSSR count). The van der Waals surface area contributed by atoms with Crippen molar-refractivity contribution >= 4 is 28.5 Å². The lowest BCUT2D eigenvalue weighted by Crippen LogP contribution is -2.04. The normalized spacial score (nSPS) is 11.1. The number of hydrogen-bond donors (Lipinski definition) is 0. The first-order chi connectivity index (χ1) is 9.54. The second kappa shape index (κ2) is 4.53. The number of fused-ring (bicyclic) bond motifs is 1. The van der Waals surface area contributed by atoms with Gasteiger partial charge in [-0.1, -0.05) is 11.6 Å². The number of hydrogen-bond acceptors (Lipinski definition) is 6. The maximum atomic E-state index is 10.6. The molecule has 3 heterocycles. The van der Waals surface area contributed by atoms with Crippen LogP contribution in [0, 0.1) is 10.1 Å². The van der Waals surface area contributed by atoms with Crippen LogP contribution in [-0.4, -0.2) is 34.2 Å². The standard InChI is InChI=1S/C10H8ClN7O2/c1-16-10-6(2-13-16)9(11)14-7(15-10)3-17-4-8(12-5-17)18(19)20/h2,4-5H,3H2,1H3. The Balaban J connectivity index is 1.97. The molecule has 0 atom stereocenters. The molecule has 10 heteroatoms. The first-order valence-corrected chi connectivity index (χ1v) is 5.92. The molecule has 9 nitrogen and oxygen atoms in total. The molecule has 3 aromatic heterocycles. The van der Waals surface area contributed by atoms with Crippen LogP contribution in [-0.2, 0) is 13.6 Å². The minimum Gasteiger partial charge on any atom is -0.358 e. The third kappa shape index (κ3) is 2.07. The highest BCUT2D eigenvalue weighted by atomic mass is 35.5. The number of nitrogens with zero attached hydrogens (tertiary/aromatic N) is 7. The largest absolute Gasteiger partial charge is 0.381 e. The van der Waals surface area contributed by atoms with Gasteiger partial charge in [-0.05, 0) is 9.91 Å².